The first-order valence-electron chi connectivity index (χ1n) is 35.2. The van der Waals surface area contributed by atoms with Crippen LogP contribution in [0, 0.1) is 41.4 Å². The lowest BCUT2D eigenvalue weighted by atomic mass is 9.48. The van der Waals surface area contributed by atoms with Crippen molar-refractivity contribution in [2.45, 2.75) is 171 Å². The Bertz CT molecular complexity index is 4190. The van der Waals surface area contributed by atoms with E-state index in [1.807, 2.05) is 6.07 Å². The molecule has 0 amide bonds. The number of nitrogens with two attached hydrogens (primary N) is 1. The summed E-state index contributed by atoms with van der Waals surface area (Å²) in [6, 6.07) is 76.5. The summed E-state index contributed by atoms with van der Waals surface area (Å²) in [6.45, 7) is 14.1. The molecule has 2 heteroatoms. The predicted molar refractivity (Wildman–Crippen MR) is 377 cm³/mol. The van der Waals surface area contributed by atoms with Gasteiger partial charge in [-0.2, -0.15) is 0 Å². The summed E-state index contributed by atoms with van der Waals surface area (Å²) in [7, 11) is 0. The van der Waals surface area contributed by atoms with E-state index in [2.05, 4.69) is 241 Å². The molecule has 9 aromatic rings. The molecule has 6 atom stereocenters. The van der Waals surface area contributed by atoms with Crippen molar-refractivity contribution >= 4 is 22.7 Å². The number of rotatable bonds is 8. The Morgan fingerprint density at radius 2 is 0.744 bits per heavy atom. The lowest BCUT2D eigenvalue weighted by Gasteiger charge is -2.57. The third-order valence-corrected chi connectivity index (χ3v) is 25.7. The summed E-state index contributed by atoms with van der Waals surface area (Å²) < 4.78 is 0. The van der Waals surface area contributed by atoms with E-state index in [1.54, 1.807) is 16.7 Å². The average Bonchev–Trinajstić information content (AvgIpc) is 1.35. The second kappa shape index (κ2) is 21.3. The minimum atomic E-state index is -0.0123. The Labute approximate surface area is 537 Å². The minimum absolute atomic E-state index is 0.0123. The van der Waals surface area contributed by atoms with Gasteiger partial charge in [-0.15, -0.1) is 0 Å². The van der Waals surface area contributed by atoms with Crippen molar-refractivity contribution in [3.63, 3.8) is 0 Å². The average molecular weight is 1180 g/mol. The fourth-order valence-electron chi connectivity index (χ4n) is 21.6. The zero-order valence-corrected chi connectivity index (χ0v) is 54.4. The maximum Gasteiger partial charge on any atom is 0.0465 e. The van der Waals surface area contributed by atoms with Crippen molar-refractivity contribution in [2.24, 2.45) is 41.4 Å². The van der Waals surface area contributed by atoms with Gasteiger partial charge in [-0.25, -0.2) is 0 Å². The highest BCUT2D eigenvalue weighted by atomic mass is 15.1. The molecule has 2 N–H and O–H groups in total. The van der Waals surface area contributed by atoms with Gasteiger partial charge >= 0.3 is 0 Å². The van der Waals surface area contributed by atoms with Gasteiger partial charge in [0.25, 0.3) is 0 Å². The summed E-state index contributed by atoms with van der Waals surface area (Å²) in [5.74, 6) is 8.39. The first-order valence-corrected chi connectivity index (χ1v) is 35.2. The molecule has 0 radical (unpaired) electrons. The fraction of sp³-hybridized carbons (Fsp3) is 0.386. The standard InChI is InChI=1S/C44H47N.C29H30.C15H15N/c1-43(2)41-6-4-3-5-38(41)39-18-17-37(24-42(39)43)45(35-13-9-32(10-14-35)40-23-28-7-8-33(40)22-28)36-15-11-34(12-16-36)44-25-29-19-30(26-44)21-31(20-29)27-44;1-29(2)27-6-4-3-5-24(27)25-14-10-20(18-28(25)29)15-19-7-11-22(12-8-19)26-17-21-9-13-23(26)16-21;1-15(2)13-6-4-3-5-11(13)12-8-7-10(16)9-14(12)15/h3-6,9-18,24,28-31,33,40H,7-8,19-23,25-27H2,1-2H3;3-8,10-12,14,18,21,23,26H,9,13,15-17H2,1-2H3;3-9H,16H2,1-2H3. The quantitative estimate of drug-likeness (QED) is 0.154. The molecule has 11 aliphatic rings. The van der Waals surface area contributed by atoms with Crippen LogP contribution in [0.2, 0.25) is 0 Å². The van der Waals surface area contributed by atoms with Gasteiger partial charge in [0, 0.05) is 39.0 Å². The van der Waals surface area contributed by atoms with Gasteiger partial charge in [0.05, 0.1) is 0 Å². The normalized spacial score (nSPS) is 27.6. The number of fused-ring (bicyclic) bond motifs is 13. The van der Waals surface area contributed by atoms with Crippen molar-refractivity contribution in [2.75, 3.05) is 10.6 Å². The van der Waals surface area contributed by atoms with Crippen molar-refractivity contribution < 1.29 is 0 Å². The number of nitrogen functional groups attached to an aromatic ring is 1. The van der Waals surface area contributed by atoms with Crippen LogP contribution in [0.4, 0.5) is 22.7 Å². The van der Waals surface area contributed by atoms with Crippen LogP contribution in [-0.4, -0.2) is 0 Å². The lowest BCUT2D eigenvalue weighted by Crippen LogP contribution is -2.48. The van der Waals surface area contributed by atoms with Crippen molar-refractivity contribution in [1.29, 1.82) is 0 Å². The Hall–Kier alpha value is -7.42. The van der Waals surface area contributed by atoms with Gasteiger partial charge < -0.3 is 10.6 Å². The van der Waals surface area contributed by atoms with E-state index < -0.39 is 0 Å². The summed E-state index contributed by atoms with van der Waals surface area (Å²) in [5.41, 5.74) is 35.6. The van der Waals surface area contributed by atoms with E-state index in [-0.39, 0.29) is 16.2 Å². The molecule has 0 spiro atoms. The number of benzene rings is 9. The van der Waals surface area contributed by atoms with E-state index in [0.29, 0.717) is 5.41 Å². The van der Waals surface area contributed by atoms with Crippen molar-refractivity contribution in [1.82, 2.24) is 0 Å². The predicted octanol–water partition coefficient (Wildman–Crippen LogP) is 22.9. The second-order valence-electron chi connectivity index (χ2n) is 32.1. The van der Waals surface area contributed by atoms with Crippen LogP contribution >= 0.6 is 0 Å². The number of anilines is 4. The summed E-state index contributed by atoms with van der Waals surface area (Å²) in [5, 5.41) is 0. The third-order valence-electron chi connectivity index (χ3n) is 25.7. The molecule has 6 unspecified atom stereocenters. The Kier molecular flexibility index (Phi) is 13.4. The van der Waals surface area contributed by atoms with Crippen molar-refractivity contribution in [3.05, 3.63) is 261 Å². The molecule has 0 aliphatic heterocycles. The molecular weight excluding hydrogens is 1080 g/mol. The van der Waals surface area contributed by atoms with E-state index in [4.69, 9.17) is 5.73 Å². The van der Waals surface area contributed by atoms with Gasteiger partial charge in [0.1, 0.15) is 0 Å². The van der Waals surface area contributed by atoms with Crippen LogP contribution < -0.4 is 10.6 Å². The molecular formula is C88H92N2. The molecule has 454 valence electrons. The van der Waals surface area contributed by atoms with E-state index >= 15 is 0 Å². The molecule has 0 aromatic heterocycles. The highest BCUT2D eigenvalue weighted by Gasteiger charge is 2.52. The fourth-order valence-corrected chi connectivity index (χ4v) is 21.6. The zero-order chi connectivity index (χ0) is 60.8. The minimum Gasteiger partial charge on any atom is -0.399 e. The molecule has 90 heavy (non-hydrogen) atoms. The Morgan fingerprint density at radius 3 is 1.22 bits per heavy atom. The third kappa shape index (κ3) is 9.35. The monoisotopic (exact) mass is 1180 g/mol. The topological polar surface area (TPSA) is 29.3 Å². The van der Waals surface area contributed by atoms with Gasteiger partial charge in [0.2, 0.25) is 0 Å². The Morgan fingerprint density at radius 1 is 0.344 bits per heavy atom. The maximum atomic E-state index is 5.89. The van der Waals surface area contributed by atoms with E-state index in [0.717, 1.165) is 65.4 Å². The van der Waals surface area contributed by atoms with Gasteiger partial charge in [-0.05, 0) is 285 Å². The Balaban J connectivity index is 0.000000118. The molecule has 20 rings (SSSR count). The number of nitrogens with zero attached hydrogens (tertiary/aromatic N) is 1. The van der Waals surface area contributed by atoms with Gasteiger partial charge in [-0.1, -0.05) is 206 Å². The first kappa shape index (κ1) is 56.6. The largest absolute Gasteiger partial charge is 0.399 e. The summed E-state index contributed by atoms with van der Waals surface area (Å²) in [6.07, 6.45) is 21.4. The smallest absolute Gasteiger partial charge is 0.0465 e. The van der Waals surface area contributed by atoms with Crippen LogP contribution in [0.25, 0.3) is 33.4 Å². The molecule has 11 aliphatic carbocycles. The van der Waals surface area contributed by atoms with Crippen LogP contribution in [-0.2, 0) is 28.1 Å². The second-order valence-corrected chi connectivity index (χ2v) is 32.1. The molecule has 0 saturated heterocycles. The van der Waals surface area contributed by atoms with E-state index in [1.165, 1.54) is 185 Å². The lowest BCUT2D eigenvalue weighted by molar-refractivity contribution is -0.00518. The highest BCUT2D eigenvalue weighted by molar-refractivity contribution is 5.86. The van der Waals surface area contributed by atoms with Gasteiger partial charge in [0.15, 0.2) is 0 Å². The summed E-state index contributed by atoms with van der Waals surface area (Å²) >= 11 is 0. The summed E-state index contributed by atoms with van der Waals surface area (Å²) in [4.78, 5) is 2.54. The number of hydrogen-bond acceptors (Lipinski definition) is 2. The highest BCUT2D eigenvalue weighted by Crippen LogP contribution is 2.62. The molecule has 9 aromatic carbocycles. The molecule has 2 nitrogen and oxygen atoms in total. The van der Waals surface area contributed by atoms with Crippen LogP contribution in [0.3, 0.4) is 0 Å². The molecule has 0 heterocycles. The van der Waals surface area contributed by atoms with E-state index in [9.17, 15) is 0 Å². The molecule has 8 saturated carbocycles. The van der Waals surface area contributed by atoms with Crippen LogP contribution in [0.15, 0.2) is 200 Å². The van der Waals surface area contributed by atoms with Gasteiger partial charge in [-0.3, -0.25) is 0 Å². The SMILES string of the molecule is CC1(C)c2ccccc2-c2ccc(Cc3ccc(C4CC5CCC4C5)cc3)cc21.CC1(C)c2ccccc2-c2ccc(N(c3ccc(C4CC5CCC4C5)cc3)c3ccc(C45CC6CC(CC(C6)C4)C5)cc3)cc21.CC1(C)c2ccccc2-c2ccc(N)cc21. The van der Waals surface area contributed by atoms with Crippen LogP contribution in [0.5, 0.6) is 0 Å². The van der Waals surface area contributed by atoms with Crippen molar-refractivity contribution in [3.8, 4) is 33.4 Å². The number of hydrogen-bond donors (Lipinski definition) is 1. The maximum absolute atomic E-state index is 5.89. The molecule has 8 bridgehead atoms. The first-order chi connectivity index (χ1) is 43.6. The zero-order valence-electron chi connectivity index (χ0n) is 54.4. The van der Waals surface area contributed by atoms with Crippen LogP contribution in [0.1, 0.15) is 204 Å². The molecule has 8 fully saturated rings.